The van der Waals surface area contributed by atoms with E-state index in [4.69, 9.17) is 18.0 Å². The van der Waals surface area contributed by atoms with Crippen molar-refractivity contribution in [3.05, 3.63) is 53.9 Å². The summed E-state index contributed by atoms with van der Waals surface area (Å²) in [5, 5.41) is 0. The Hall–Kier alpha value is -1.94. The molecule has 2 aromatic rings. The van der Waals surface area contributed by atoms with Gasteiger partial charge >= 0.3 is 0 Å². The van der Waals surface area contributed by atoms with E-state index in [1.54, 1.807) is 6.20 Å². The number of para-hydroxylation sites is 1. The molecule has 0 bridgehead atoms. The number of nitrogens with zero attached hydrogens (tertiary/aromatic N) is 2. The largest absolute Gasteiger partial charge is 0.389 e. The second-order valence-corrected chi connectivity index (χ2v) is 5.08. The monoisotopic (exact) mass is 269 g/mol. The van der Waals surface area contributed by atoms with Gasteiger partial charge < -0.3 is 10.6 Å². The Kier molecular flexibility index (Phi) is 3.17. The van der Waals surface area contributed by atoms with E-state index in [1.807, 2.05) is 12.3 Å². The van der Waals surface area contributed by atoms with Crippen LogP contribution in [-0.4, -0.2) is 16.5 Å². The Balaban J connectivity index is 2.12. The van der Waals surface area contributed by atoms with E-state index >= 15 is 0 Å². The van der Waals surface area contributed by atoms with Gasteiger partial charge in [-0.05, 0) is 30.5 Å². The fourth-order valence-corrected chi connectivity index (χ4v) is 2.77. The third kappa shape index (κ3) is 2.19. The molecule has 1 aliphatic rings. The van der Waals surface area contributed by atoms with Crippen molar-refractivity contribution in [1.29, 1.82) is 0 Å². The van der Waals surface area contributed by atoms with Gasteiger partial charge in [0, 0.05) is 24.0 Å². The summed E-state index contributed by atoms with van der Waals surface area (Å²) in [7, 11) is 0. The van der Waals surface area contributed by atoms with Crippen LogP contribution in [0.2, 0.25) is 0 Å². The molecule has 1 aromatic carbocycles. The number of fused-ring (bicyclic) bond motifs is 1. The lowest BCUT2D eigenvalue weighted by Gasteiger charge is -2.32. The Morgan fingerprint density at radius 2 is 2.05 bits per heavy atom. The van der Waals surface area contributed by atoms with Crippen LogP contribution in [0.3, 0.4) is 0 Å². The molecule has 3 rings (SSSR count). The first-order chi connectivity index (χ1) is 9.27. The molecule has 0 unspecified atom stereocenters. The molecule has 4 heteroatoms. The Morgan fingerprint density at radius 1 is 1.21 bits per heavy atom. The molecule has 0 aliphatic carbocycles. The molecule has 0 radical (unpaired) electrons. The van der Waals surface area contributed by atoms with Crippen molar-refractivity contribution in [1.82, 2.24) is 4.98 Å². The molecule has 2 N–H and O–H groups in total. The molecule has 96 valence electrons. The highest BCUT2D eigenvalue weighted by Crippen LogP contribution is 2.34. The Labute approximate surface area is 118 Å². The van der Waals surface area contributed by atoms with E-state index in [2.05, 4.69) is 34.1 Å². The number of hydrogen-bond donors (Lipinski definition) is 1. The summed E-state index contributed by atoms with van der Waals surface area (Å²) in [5.74, 6) is 0. The molecule has 2 heterocycles. The number of aromatic nitrogens is 1. The predicted octanol–water partition coefficient (Wildman–Crippen LogP) is 2.80. The van der Waals surface area contributed by atoms with E-state index in [1.165, 1.54) is 11.3 Å². The summed E-state index contributed by atoms with van der Waals surface area (Å²) in [6.07, 6.45) is 5.82. The maximum atomic E-state index is 5.82. The third-order valence-corrected chi connectivity index (χ3v) is 3.69. The second kappa shape index (κ2) is 4.97. The van der Waals surface area contributed by atoms with E-state index < -0.39 is 0 Å². The zero-order chi connectivity index (χ0) is 13.2. The van der Waals surface area contributed by atoms with Crippen LogP contribution >= 0.6 is 12.2 Å². The topological polar surface area (TPSA) is 42.1 Å². The normalized spacial score (nSPS) is 14.0. The van der Waals surface area contributed by atoms with Crippen LogP contribution in [-0.2, 0) is 6.42 Å². The highest BCUT2D eigenvalue weighted by Gasteiger charge is 2.20. The quantitative estimate of drug-likeness (QED) is 0.851. The predicted molar refractivity (Wildman–Crippen MR) is 81.9 cm³/mol. The summed E-state index contributed by atoms with van der Waals surface area (Å²) in [6.45, 7) is 0.971. The number of nitrogens with two attached hydrogens (primary N) is 1. The number of rotatable bonds is 2. The van der Waals surface area contributed by atoms with Gasteiger partial charge in [-0.25, -0.2) is 0 Å². The van der Waals surface area contributed by atoms with Crippen LogP contribution in [0.5, 0.6) is 0 Å². The Bertz CT molecular complexity index is 624. The van der Waals surface area contributed by atoms with Crippen LogP contribution in [0, 0.1) is 0 Å². The summed E-state index contributed by atoms with van der Waals surface area (Å²) < 4.78 is 0. The minimum Gasteiger partial charge on any atom is -0.389 e. The molecule has 1 aromatic heterocycles. The molecular formula is C15H15N3S. The number of aryl methyl sites for hydroxylation is 1. The van der Waals surface area contributed by atoms with E-state index in [0.717, 1.165) is 30.6 Å². The minimum atomic E-state index is 0.417. The van der Waals surface area contributed by atoms with Gasteiger partial charge in [0.15, 0.2) is 0 Å². The number of thiocarbonyl (C=S) groups is 1. The van der Waals surface area contributed by atoms with Crippen LogP contribution in [0.25, 0.3) is 0 Å². The molecule has 0 fully saturated rings. The van der Waals surface area contributed by atoms with Crippen molar-refractivity contribution in [3.8, 4) is 0 Å². The summed E-state index contributed by atoms with van der Waals surface area (Å²) >= 11 is 5.14. The number of hydrogen-bond acceptors (Lipinski definition) is 3. The fraction of sp³-hybridized carbons (Fsp3) is 0.200. The molecule has 0 atom stereocenters. The van der Waals surface area contributed by atoms with Crippen LogP contribution < -0.4 is 10.6 Å². The van der Waals surface area contributed by atoms with E-state index in [0.29, 0.717) is 4.99 Å². The molecule has 0 spiro atoms. The number of anilines is 2. The average Bonchev–Trinajstić information content (AvgIpc) is 2.46. The molecular weight excluding hydrogens is 254 g/mol. The van der Waals surface area contributed by atoms with Gasteiger partial charge in [-0.3, -0.25) is 4.98 Å². The minimum absolute atomic E-state index is 0.417. The molecule has 1 aliphatic heterocycles. The van der Waals surface area contributed by atoms with Gasteiger partial charge in [0.2, 0.25) is 0 Å². The van der Waals surface area contributed by atoms with Crippen molar-refractivity contribution in [2.45, 2.75) is 12.8 Å². The summed E-state index contributed by atoms with van der Waals surface area (Å²) in [6, 6.07) is 10.4. The maximum Gasteiger partial charge on any atom is 0.106 e. The third-order valence-electron chi connectivity index (χ3n) is 3.47. The average molecular weight is 269 g/mol. The first-order valence-electron chi connectivity index (χ1n) is 6.36. The standard InChI is InChI=1S/C15H15N3S/c16-15(19)12-7-8-17-10-14(12)18-9-3-5-11-4-1-2-6-13(11)18/h1-2,4,6-8,10H,3,5,9H2,(H2,16,19). The lowest BCUT2D eigenvalue weighted by Crippen LogP contribution is -2.27. The van der Waals surface area contributed by atoms with Crippen molar-refractivity contribution in [2.75, 3.05) is 11.4 Å². The van der Waals surface area contributed by atoms with Gasteiger partial charge in [-0.15, -0.1) is 0 Å². The zero-order valence-electron chi connectivity index (χ0n) is 10.5. The number of benzene rings is 1. The van der Waals surface area contributed by atoms with Gasteiger partial charge in [-0.1, -0.05) is 30.4 Å². The smallest absolute Gasteiger partial charge is 0.106 e. The summed E-state index contributed by atoms with van der Waals surface area (Å²) in [5.41, 5.74) is 10.3. The van der Waals surface area contributed by atoms with Crippen molar-refractivity contribution in [3.63, 3.8) is 0 Å². The van der Waals surface area contributed by atoms with Gasteiger partial charge in [0.05, 0.1) is 11.9 Å². The van der Waals surface area contributed by atoms with Gasteiger partial charge in [0.1, 0.15) is 4.99 Å². The van der Waals surface area contributed by atoms with Gasteiger partial charge in [0.25, 0.3) is 0 Å². The van der Waals surface area contributed by atoms with Crippen LogP contribution in [0.15, 0.2) is 42.7 Å². The Morgan fingerprint density at radius 3 is 2.89 bits per heavy atom. The van der Waals surface area contributed by atoms with Crippen LogP contribution in [0.4, 0.5) is 11.4 Å². The summed E-state index contributed by atoms with van der Waals surface area (Å²) in [4.78, 5) is 6.90. The van der Waals surface area contributed by atoms with Crippen molar-refractivity contribution >= 4 is 28.6 Å². The first-order valence-corrected chi connectivity index (χ1v) is 6.77. The molecule has 3 nitrogen and oxygen atoms in total. The highest BCUT2D eigenvalue weighted by molar-refractivity contribution is 7.80. The lowest BCUT2D eigenvalue weighted by atomic mass is 10.0. The second-order valence-electron chi connectivity index (χ2n) is 4.64. The fourth-order valence-electron chi connectivity index (χ4n) is 2.59. The zero-order valence-corrected chi connectivity index (χ0v) is 11.4. The molecule has 0 saturated heterocycles. The molecule has 0 saturated carbocycles. The first kappa shape index (κ1) is 12.1. The van der Waals surface area contributed by atoms with Gasteiger partial charge in [-0.2, -0.15) is 0 Å². The number of pyridine rings is 1. The highest BCUT2D eigenvalue weighted by atomic mass is 32.1. The van der Waals surface area contributed by atoms with E-state index in [9.17, 15) is 0 Å². The maximum absolute atomic E-state index is 5.82. The van der Waals surface area contributed by atoms with Crippen molar-refractivity contribution in [2.24, 2.45) is 5.73 Å². The van der Waals surface area contributed by atoms with Crippen LogP contribution in [0.1, 0.15) is 17.5 Å². The van der Waals surface area contributed by atoms with E-state index in [-0.39, 0.29) is 0 Å². The molecule has 0 amide bonds. The van der Waals surface area contributed by atoms with Crippen molar-refractivity contribution < 1.29 is 0 Å². The SMILES string of the molecule is NC(=S)c1ccncc1N1CCCc2ccccc21. The molecule has 19 heavy (non-hydrogen) atoms. The lowest BCUT2D eigenvalue weighted by molar-refractivity contribution is 0.765.